The lowest BCUT2D eigenvalue weighted by Gasteiger charge is -2.30. The summed E-state index contributed by atoms with van der Waals surface area (Å²) in [6.07, 6.45) is 2.98. The standard InChI is InChI=1S/C16H19N3/c1-12-8-13(9-17)10-18-16(12)19-7-6-14-4-2-3-5-15(14)11-19/h2-5,8,10H,6-7,9,11,17H2,1H3. The molecular weight excluding hydrogens is 234 g/mol. The average Bonchev–Trinajstić information content (AvgIpc) is 2.46. The quantitative estimate of drug-likeness (QED) is 0.893. The van der Waals surface area contributed by atoms with Crippen LogP contribution in [0.1, 0.15) is 22.3 Å². The highest BCUT2D eigenvalue weighted by molar-refractivity contribution is 5.50. The molecule has 1 aliphatic rings. The second kappa shape index (κ2) is 5.02. The second-order valence-corrected chi connectivity index (χ2v) is 5.13. The highest BCUT2D eigenvalue weighted by Gasteiger charge is 2.18. The maximum Gasteiger partial charge on any atom is 0.131 e. The van der Waals surface area contributed by atoms with Gasteiger partial charge in [0.2, 0.25) is 0 Å². The molecule has 19 heavy (non-hydrogen) atoms. The minimum atomic E-state index is 0.553. The van der Waals surface area contributed by atoms with Gasteiger partial charge in [-0.05, 0) is 41.7 Å². The Kier molecular flexibility index (Phi) is 3.22. The molecule has 3 nitrogen and oxygen atoms in total. The molecule has 1 aromatic heterocycles. The number of hydrogen-bond donors (Lipinski definition) is 1. The van der Waals surface area contributed by atoms with E-state index >= 15 is 0 Å². The third-order valence-corrected chi connectivity index (χ3v) is 3.77. The number of nitrogens with two attached hydrogens (primary N) is 1. The fourth-order valence-corrected chi connectivity index (χ4v) is 2.74. The largest absolute Gasteiger partial charge is 0.352 e. The Hall–Kier alpha value is -1.87. The van der Waals surface area contributed by atoms with E-state index in [-0.39, 0.29) is 0 Å². The first-order valence-electron chi connectivity index (χ1n) is 6.75. The molecule has 0 aliphatic carbocycles. The van der Waals surface area contributed by atoms with Crippen LogP contribution in [0.4, 0.5) is 5.82 Å². The van der Waals surface area contributed by atoms with Crippen LogP contribution < -0.4 is 10.6 Å². The molecule has 1 aliphatic heterocycles. The fourth-order valence-electron chi connectivity index (χ4n) is 2.74. The van der Waals surface area contributed by atoms with Gasteiger partial charge in [-0.1, -0.05) is 24.3 Å². The Morgan fingerprint density at radius 1 is 1.26 bits per heavy atom. The van der Waals surface area contributed by atoms with Crippen molar-refractivity contribution < 1.29 is 0 Å². The normalized spacial score (nSPS) is 14.3. The summed E-state index contributed by atoms with van der Waals surface area (Å²) in [5, 5.41) is 0. The fraction of sp³-hybridized carbons (Fsp3) is 0.312. The van der Waals surface area contributed by atoms with Gasteiger partial charge in [0.15, 0.2) is 0 Å². The Morgan fingerprint density at radius 2 is 2.05 bits per heavy atom. The van der Waals surface area contributed by atoms with Gasteiger partial charge in [0.25, 0.3) is 0 Å². The van der Waals surface area contributed by atoms with E-state index in [1.807, 2.05) is 6.20 Å². The molecule has 0 amide bonds. The number of benzene rings is 1. The number of anilines is 1. The number of rotatable bonds is 2. The molecule has 3 rings (SSSR count). The van der Waals surface area contributed by atoms with Gasteiger partial charge in [0.1, 0.15) is 5.82 Å². The molecule has 98 valence electrons. The summed E-state index contributed by atoms with van der Waals surface area (Å²) < 4.78 is 0. The van der Waals surface area contributed by atoms with Crippen LogP contribution in [0.15, 0.2) is 36.5 Å². The summed E-state index contributed by atoms with van der Waals surface area (Å²) in [6, 6.07) is 10.8. The summed E-state index contributed by atoms with van der Waals surface area (Å²) in [7, 11) is 0. The summed E-state index contributed by atoms with van der Waals surface area (Å²) in [6.45, 7) is 4.65. The number of aryl methyl sites for hydroxylation is 1. The first-order valence-corrected chi connectivity index (χ1v) is 6.75. The van der Waals surface area contributed by atoms with Gasteiger partial charge < -0.3 is 10.6 Å². The minimum Gasteiger partial charge on any atom is -0.352 e. The van der Waals surface area contributed by atoms with Crippen molar-refractivity contribution >= 4 is 5.82 Å². The van der Waals surface area contributed by atoms with Gasteiger partial charge in [-0.25, -0.2) is 4.98 Å². The van der Waals surface area contributed by atoms with Crippen molar-refractivity contribution in [2.45, 2.75) is 26.4 Å². The maximum absolute atomic E-state index is 5.66. The molecule has 0 fully saturated rings. The van der Waals surface area contributed by atoms with Gasteiger partial charge in [-0.2, -0.15) is 0 Å². The van der Waals surface area contributed by atoms with E-state index in [4.69, 9.17) is 5.73 Å². The third-order valence-electron chi connectivity index (χ3n) is 3.77. The number of fused-ring (bicyclic) bond motifs is 1. The van der Waals surface area contributed by atoms with Crippen molar-refractivity contribution in [1.29, 1.82) is 0 Å². The van der Waals surface area contributed by atoms with Crippen molar-refractivity contribution in [3.05, 3.63) is 58.8 Å². The zero-order valence-electron chi connectivity index (χ0n) is 11.3. The van der Waals surface area contributed by atoms with Crippen LogP contribution >= 0.6 is 0 Å². The van der Waals surface area contributed by atoms with Crippen molar-refractivity contribution in [2.24, 2.45) is 5.73 Å². The zero-order chi connectivity index (χ0) is 13.2. The van der Waals surface area contributed by atoms with Crippen LogP contribution in [0.25, 0.3) is 0 Å². The molecule has 2 aromatic rings. The first kappa shape index (κ1) is 12.2. The summed E-state index contributed by atoms with van der Waals surface area (Å²) in [4.78, 5) is 6.95. The number of pyridine rings is 1. The number of nitrogens with zero attached hydrogens (tertiary/aromatic N) is 2. The Bertz CT molecular complexity index is 592. The third kappa shape index (κ3) is 2.34. The number of hydrogen-bond acceptors (Lipinski definition) is 3. The number of aromatic nitrogens is 1. The molecule has 0 spiro atoms. The molecule has 0 saturated carbocycles. The van der Waals surface area contributed by atoms with E-state index in [0.29, 0.717) is 6.54 Å². The highest BCUT2D eigenvalue weighted by Crippen LogP contribution is 2.25. The molecule has 0 atom stereocenters. The topological polar surface area (TPSA) is 42.1 Å². The van der Waals surface area contributed by atoms with Gasteiger partial charge in [-0.15, -0.1) is 0 Å². The second-order valence-electron chi connectivity index (χ2n) is 5.13. The Balaban J connectivity index is 1.89. The van der Waals surface area contributed by atoms with Gasteiger partial charge in [0, 0.05) is 25.8 Å². The molecular formula is C16H19N3. The lowest BCUT2D eigenvalue weighted by atomic mass is 9.99. The molecule has 1 aromatic carbocycles. The minimum absolute atomic E-state index is 0.553. The summed E-state index contributed by atoms with van der Waals surface area (Å²) in [5.41, 5.74) is 10.8. The molecule has 0 bridgehead atoms. The molecule has 0 radical (unpaired) electrons. The van der Waals surface area contributed by atoms with Crippen LogP contribution in [0.3, 0.4) is 0 Å². The highest BCUT2D eigenvalue weighted by atomic mass is 15.2. The van der Waals surface area contributed by atoms with Crippen LogP contribution in [0.2, 0.25) is 0 Å². The van der Waals surface area contributed by atoms with E-state index in [1.165, 1.54) is 16.7 Å². The van der Waals surface area contributed by atoms with Crippen LogP contribution in [-0.2, 0) is 19.5 Å². The van der Waals surface area contributed by atoms with E-state index < -0.39 is 0 Å². The average molecular weight is 253 g/mol. The molecule has 0 unspecified atom stereocenters. The van der Waals surface area contributed by atoms with Crippen LogP contribution in [0.5, 0.6) is 0 Å². The summed E-state index contributed by atoms with van der Waals surface area (Å²) in [5.74, 6) is 1.09. The molecule has 3 heteroatoms. The van der Waals surface area contributed by atoms with E-state index in [9.17, 15) is 0 Å². The predicted octanol–water partition coefficient (Wildman–Crippen LogP) is 2.41. The monoisotopic (exact) mass is 253 g/mol. The van der Waals surface area contributed by atoms with Gasteiger partial charge in [0.05, 0.1) is 0 Å². The van der Waals surface area contributed by atoms with Crippen molar-refractivity contribution in [3.8, 4) is 0 Å². The van der Waals surface area contributed by atoms with Crippen molar-refractivity contribution in [2.75, 3.05) is 11.4 Å². The predicted molar refractivity (Wildman–Crippen MR) is 78.1 cm³/mol. The van der Waals surface area contributed by atoms with E-state index in [2.05, 4.69) is 47.1 Å². The van der Waals surface area contributed by atoms with Crippen LogP contribution in [0, 0.1) is 6.92 Å². The smallest absolute Gasteiger partial charge is 0.131 e. The first-order chi connectivity index (χ1) is 9.28. The molecule has 0 saturated heterocycles. The molecule has 2 N–H and O–H groups in total. The SMILES string of the molecule is Cc1cc(CN)cnc1N1CCc2ccccc2C1. The lowest BCUT2D eigenvalue weighted by molar-refractivity contribution is 0.717. The maximum atomic E-state index is 5.66. The van der Waals surface area contributed by atoms with Crippen LogP contribution in [-0.4, -0.2) is 11.5 Å². The van der Waals surface area contributed by atoms with Crippen molar-refractivity contribution in [1.82, 2.24) is 4.98 Å². The summed E-state index contributed by atoms with van der Waals surface area (Å²) >= 11 is 0. The molecule has 2 heterocycles. The van der Waals surface area contributed by atoms with Gasteiger partial charge >= 0.3 is 0 Å². The lowest BCUT2D eigenvalue weighted by Crippen LogP contribution is -2.31. The Morgan fingerprint density at radius 3 is 2.79 bits per heavy atom. The van der Waals surface area contributed by atoms with Gasteiger partial charge in [-0.3, -0.25) is 0 Å². The van der Waals surface area contributed by atoms with E-state index in [0.717, 1.165) is 30.9 Å². The van der Waals surface area contributed by atoms with Crippen molar-refractivity contribution in [3.63, 3.8) is 0 Å². The zero-order valence-corrected chi connectivity index (χ0v) is 11.3. The Labute approximate surface area is 114 Å². The van der Waals surface area contributed by atoms with E-state index in [1.54, 1.807) is 0 Å².